The largest absolute Gasteiger partial charge is 0.378 e. The molecular formula is C13H19N2S+. The Kier molecular flexibility index (Phi) is 3.54. The number of hydrogen-bond acceptors (Lipinski definition) is 2. The van der Waals surface area contributed by atoms with E-state index in [1.807, 2.05) is 11.8 Å². The van der Waals surface area contributed by atoms with Gasteiger partial charge in [-0.15, -0.1) is 0 Å². The van der Waals surface area contributed by atoms with E-state index in [1.165, 1.54) is 35.0 Å². The Morgan fingerprint density at radius 2 is 1.88 bits per heavy atom. The Morgan fingerprint density at radius 1 is 1.19 bits per heavy atom. The molecule has 1 aliphatic rings. The van der Waals surface area contributed by atoms with Gasteiger partial charge in [-0.1, -0.05) is 11.8 Å². The van der Waals surface area contributed by atoms with Crippen molar-refractivity contribution in [2.45, 2.75) is 6.42 Å². The van der Waals surface area contributed by atoms with Crippen molar-refractivity contribution < 1.29 is 4.58 Å². The highest BCUT2D eigenvalue weighted by Gasteiger charge is 2.18. The average molecular weight is 235 g/mol. The summed E-state index contributed by atoms with van der Waals surface area (Å²) in [6.07, 6.45) is 1.29. The van der Waals surface area contributed by atoms with Crippen LogP contribution in [0.5, 0.6) is 0 Å². The first-order valence-corrected chi connectivity index (χ1v) is 6.65. The zero-order valence-electron chi connectivity index (χ0n) is 10.2. The van der Waals surface area contributed by atoms with Gasteiger partial charge in [-0.3, -0.25) is 0 Å². The van der Waals surface area contributed by atoms with Crippen LogP contribution in [0.1, 0.15) is 12.0 Å². The lowest BCUT2D eigenvalue weighted by atomic mass is 10.2. The molecule has 0 unspecified atom stereocenters. The fraction of sp³-hybridized carbons (Fsp3) is 0.462. The van der Waals surface area contributed by atoms with Gasteiger partial charge in [0, 0.05) is 32.0 Å². The monoisotopic (exact) mass is 235 g/mol. The lowest BCUT2D eigenvalue weighted by Crippen LogP contribution is -2.22. The molecule has 0 aromatic heterocycles. The summed E-state index contributed by atoms with van der Waals surface area (Å²) in [4.78, 5) is 2.13. The third kappa shape index (κ3) is 2.40. The molecule has 0 saturated carbocycles. The predicted molar refractivity (Wildman–Crippen MR) is 73.0 cm³/mol. The van der Waals surface area contributed by atoms with E-state index in [2.05, 4.69) is 54.9 Å². The molecule has 86 valence electrons. The second kappa shape index (κ2) is 4.91. The number of benzene rings is 1. The van der Waals surface area contributed by atoms with Gasteiger partial charge in [0.1, 0.15) is 13.6 Å². The molecule has 0 saturated heterocycles. The number of anilines is 1. The zero-order valence-corrected chi connectivity index (χ0v) is 11.0. The molecule has 3 heteroatoms. The Labute approximate surface area is 102 Å². The van der Waals surface area contributed by atoms with Crippen molar-refractivity contribution in [1.82, 2.24) is 0 Å². The lowest BCUT2D eigenvalue weighted by molar-refractivity contribution is -0.494. The molecule has 0 atom stereocenters. The van der Waals surface area contributed by atoms with Gasteiger partial charge in [0.05, 0.1) is 5.56 Å². The van der Waals surface area contributed by atoms with E-state index in [9.17, 15) is 0 Å². The molecule has 0 spiro atoms. The summed E-state index contributed by atoms with van der Waals surface area (Å²) in [5.74, 6) is 1.25. The molecular weight excluding hydrogens is 216 g/mol. The van der Waals surface area contributed by atoms with Crippen molar-refractivity contribution in [2.75, 3.05) is 38.3 Å². The highest BCUT2D eigenvalue weighted by Crippen LogP contribution is 2.20. The molecule has 0 radical (unpaired) electrons. The summed E-state index contributed by atoms with van der Waals surface area (Å²) in [7, 11) is 6.33. The van der Waals surface area contributed by atoms with Crippen LogP contribution in [0.15, 0.2) is 24.3 Å². The van der Waals surface area contributed by atoms with Crippen molar-refractivity contribution in [3.05, 3.63) is 29.8 Å². The van der Waals surface area contributed by atoms with Crippen LogP contribution in [-0.2, 0) is 0 Å². The van der Waals surface area contributed by atoms with E-state index >= 15 is 0 Å². The topological polar surface area (TPSA) is 6.25 Å². The molecule has 1 heterocycles. The average Bonchev–Trinajstić information content (AvgIpc) is 2.30. The molecule has 1 aromatic carbocycles. The fourth-order valence-corrected chi connectivity index (χ4v) is 2.97. The normalized spacial score (nSPS) is 16.4. The van der Waals surface area contributed by atoms with Crippen LogP contribution < -0.4 is 4.90 Å². The second-order valence-electron chi connectivity index (χ2n) is 4.37. The highest BCUT2D eigenvalue weighted by atomic mass is 32.2. The molecule has 0 fully saturated rings. The highest BCUT2D eigenvalue weighted by molar-refractivity contribution is 8.14. The Balaban J connectivity index is 2.27. The summed E-state index contributed by atoms with van der Waals surface area (Å²) in [6.45, 7) is 1.18. The van der Waals surface area contributed by atoms with Crippen LogP contribution in [0.2, 0.25) is 0 Å². The van der Waals surface area contributed by atoms with Gasteiger partial charge in [-0.05, 0) is 24.3 Å². The summed E-state index contributed by atoms with van der Waals surface area (Å²) in [6, 6.07) is 8.82. The Morgan fingerprint density at radius 3 is 2.44 bits per heavy atom. The fourth-order valence-electron chi connectivity index (χ4n) is 1.89. The van der Waals surface area contributed by atoms with Gasteiger partial charge in [-0.25, -0.2) is 4.58 Å². The van der Waals surface area contributed by atoms with Gasteiger partial charge in [0.25, 0.3) is 0 Å². The van der Waals surface area contributed by atoms with Gasteiger partial charge in [0.15, 0.2) is 0 Å². The number of nitrogens with zero attached hydrogens (tertiary/aromatic N) is 2. The van der Waals surface area contributed by atoms with Crippen molar-refractivity contribution in [1.29, 1.82) is 0 Å². The third-order valence-electron chi connectivity index (χ3n) is 2.85. The first-order valence-electron chi connectivity index (χ1n) is 5.67. The third-order valence-corrected chi connectivity index (χ3v) is 4.17. The maximum atomic E-state index is 2.36. The van der Waals surface area contributed by atoms with Gasteiger partial charge in [-0.2, -0.15) is 0 Å². The first-order chi connectivity index (χ1) is 7.68. The molecule has 2 nitrogen and oxygen atoms in total. The van der Waals surface area contributed by atoms with Crippen LogP contribution in [-0.4, -0.2) is 43.1 Å². The molecule has 0 N–H and O–H groups in total. The smallest absolute Gasteiger partial charge is 0.241 e. The first kappa shape index (κ1) is 11.5. The van der Waals surface area contributed by atoms with E-state index in [4.69, 9.17) is 0 Å². The zero-order chi connectivity index (χ0) is 11.5. The SMILES string of the molecule is CN(C)c1ccc(C2=[N+](C)CCCS2)cc1. The number of hydrogen-bond donors (Lipinski definition) is 0. The minimum atomic E-state index is 1.18. The minimum Gasteiger partial charge on any atom is -0.378 e. The molecule has 2 rings (SSSR count). The summed E-state index contributed by atoms with van der Waals surface area (Å²) in [5.41, 5.74) is 2.60. The van der Waals surface area contributed by atoms with Crippen LogP contribution in [0, 0.1) is 0 Å². The molecule has 0 aliphatic carbocycles. The molecule has 1 aromatic rings. The van der Waals surface area contributed by atoms with Gasteiger partial charge >= 0.3 is 0 Å². The second-order valence-corrected chi connectivity index (χ2v) is 5.45. The van der Waals surface area contributed by atoms with Gasteiger partial charge < -0.3 is 4.90 Å². The quantitative estimate of drug-likeness (QED) is 0.726. The number of thioether (sulfide) groups is 1. The van der Waals surface area contributed by atoms with Crippen molar-refractivity contribution in [3.8, 4) is 0 Å². The van der Waals surface area contributed by atoms with E-state index in [1.54, 1.807) is 0 Å². The Bertz CT molecular complexity index is 393. The van der Waals surface area contributed by atoms with E-state index in [0.717, 1.165) is 0 Å². The predicted octanol–water partition coefficient (Wildman–Crippen LogP) is 2.28. The molecule has 0 bridgehead atoms. The van der Waals surface area contributed by atoms with Crippen LogP contribution in [0.4, 0.5) is 5.69 Å². The lowest BCUT2D eigenvalue weighted by Gasteiger charge is -2.14. The van der Waals surface area contributed by atoms with Crippen molar-refractivity contribution in [3.63, 3.8) is 0 Å². The Hall–Kier alpha value is -0.960. The molecule has 1 aliphatic heterocycles. The maximum absolute atomic E-state index is 2.36. The van der Waals surface area contributed by atoms with Gasteiger partial charge in [0.2, 0.25) is 5.04 Å². The van der Waals surface area contributed by atoms with Crippen molar-refractivity contribution >= 4 is 22.5 Å². The minimum absolute atomic E-state index is 1.18. The summed E-state index contributed by atoms with van der Waals surface area (Å²) in [5, 5.41) is 1.41. The van der Waals surface area contributed by atoms with Crippen LogP contribution in [0.3, 0.4) is 0 Å². The molecule has 16 heavy (non-hydrogen) atoms. The summed E-state index contributed by atoms with van der Waals surface area (Å²) < 4.78 is 2.36. The van der Waals surface area contributed by atoms with Crippen LogP contribution in [0.25, 0.3) is 0 Å². The summed E-state index contributed by atoms with van der Waals surface area (Å²) >= 11 is 1.97. The standard InChI is InChI=1S/C13H19N2S/c1-14(2)12-7-5-11(6-8-12)13-15(3)9-4-10-16-13/h5-8H,4,9-10H2,1-3H3/q+1. The van der Waals surface area contributed by atoms with Crippen LogP contribution >= 0.6 is 11.8 Å². The van der Waals surface area contributed by atoms with E-state index in [-0.39, 0.29) is 0 Å². The maximum Gasteiger partial charge on any atom is 0.241 e. The van der Waals surface area contributed by atoms with Crippen molar-refractivity contribution in [2.24, 2.45) is 0 Å². The van der Waals surface area contributed by atoms with E-state index in [0.29, 0.717) is 0 Å². The number of rotatable bonds is 2. The van der Waals surface area contributed by atoms with E-state index < -0.39 is 0 Å². The molecule has 0 amide bonds.